The van der Waals surface area contributed by atoms with E-state index in [-0.39, 0.29) is 28.8 Å². The van der Waals surface area contributed by atoms with Crippen LogP contribution in [0.5, 0.6) is 0 Å². The molecule has 2 heterocycles. The third-order valence-electron chi connectivity index (χ3n) is 4.18. The first-order valence-corrected chi connectivity index (χ1v) is 9.28. The normalized spacial score (nSPS) is 13.1. The Morgan fingerprint density at radius 1 is 1.06 bits per heavy atom. The molecule has 0 amide bonds. The number of carbonyl (C=O) groups excluding carboxylic acids is 1. The van der Waals surface area contributed by atoms with Crippen molar-refractivity contribution in [3.63, 3.8) is 0 Å². The van der Waals surface area contributed by atoms with Gasteiger partial charge in [-0.25, -0.2) is 14.6 Å². The van der Waals surface area contributed by atoms with Gasteiger partial charge in [0, 0.05) is 12.4 Å². The molecule has 3 aromatic rings. The largest absolute Gasteiger partial charge is 0.465 e. The number of halogens is 7. The van der Waals surface area contributed by atoms with Crippen LogP contribution in [-0.4, -0.2) is 32.3 Å². The van der Waals surface area contributed by atoms with Crippen molar-refractivity contribution in [1.82, 2.24) is 19.7 Å². The molecule has 1 unspecified atom stereocenters. The minimum Gasteiger partial charge on any atom is -0.465 e. The molecule has 0 saturated carbocycles. The molecule has 0 spiro atoms. The van der Waals surface area contributed by atoms with Gasteiger partial charge in [-0.05, 0) is 37.3 Å². The monoisotopic (exact) mass is 478 g/mol. The number of benzene rings is 1. The standard InChI is InChI=1S/C19H13ClF6N4O2/c1-2-32-17(31)15(16-27-8-11(20)9-28-16)13-7-14(19(24,25)26)29-30(13)12-5-3-10(4-6-12)18(21,22)23/h3-9,15H,2H2,1H3. The molecule has 6 nitrogen and oxygen atoms in total. The van der Waals surface area contributed by atoms with Crippen molar-refractivity contribution in [2.24, 2.45) is 0 Å². The molecule has 13 heteroatoms. The fraction of sp³-hybridized carbons (Fsp3) is 0.263. The maximum absolute atomic E-state index is 13.4. The lowest BCUT2D eigenvalue weighted by Crippen LogP contribution is -2.22. The molecule has 3 rings (SSSR count). The molecule has 0 aliphatic carbocycles. The molecule has 2 aromatic heterocycles. The Kier molecular flexibility index (Phi) is 6.44. The molecule has 0 N–H and O–H groups in total. The fourth-order valence-corrected chi connectivity index (χ4v) is 2.89. The van der Waals surface area contributed by atoms with Crippen LogP contribution >= 0.6 is 11.6 Å². The first-order chi connectivity index (χ1) is 14.9. The second kappa shape index (κ2) is 8.77. The highest BCUT2D eigenvalue weighted by Gasteiger charge is 2.39. The first kappa shape index (κ1) is 23.5. The lowest BCUT2D eigenvalue weighted by molar-refractivity contribution is -0.144. The van der Waals surface area contributed by atoms with Gasteiger partial charge in [0.25, 0.3) is 0 Å². The van der Waals surface area contributed by atoms with Crippen molar-refractivity contribution in [1.29, 1.82) is 0 Å². The molecule has 0 fully saturated rings. The summed E-state index contributed by atoms with van der Waals surface area (Å²) in [7, 11) is 0. The van der Waals surface area contributed by atoms with Gasteiger partial charge in [-0.15, -0.1) is 0 Å². The van der Waals surface area contributed by atoms with E-state index < -0.39 is 35.5 Å². The summed E-state index contributed by atoms with van der Waals surface area (Å²) in [6, 6.07) is 3.84. The number of hydrogen-bond acceptors (Lipinski definition) is 5. The Bertz CT molecular complexity index is 1090. The van der Waals surface area contributed by atoms with Gasteiger partial charge in [0.1, 0.15) is 5.82 Å². The smallest absolute Gasteiger partial charge is 0.435 e. The summed E-state index contributed by atoms with van der Waals surface area (Å²) in [5.41, 5.74) is -2.87. The average Bonchev–Trinajstić information content (AvgIpc) is 3.15. The third-order valence-corrected chi connectivity index (χ3v) is 4.38. The van der Waals surface area contributed by atoms with E-state index in [0.29, 0.717) is 22.9 Å². The molecule has 0 radical (unpaired) electrons. The van der Waals surface area contributed by atoms with Gasteiger partial charge in [-0.3, -0.25) is 4.79 Å². The number of esters is 1. The van der Waals surface area contributed by atoms with Gasteiger partial charge < -0.3 is 4.74 Å². The van der Waals surface area contributed by atoms with E-state index in [2.05, 4.69) is 15.1 Å². The number of hydrogen-bond donors (Lipinski definition) is 0. The number of aromatic nitrogens is 4. The molecular weight excluding hydrogens is 466 g/mol. The Balaban J connectivity index is 2.21. The van der Waals surface area contributed by atoms with Gasteiger partial charge in [0.2, 0.25) is 0 Å². The molecule has 0 saturated heterocycles. The van der Waals surface area contributed by atoms with Crippen molar-refractivity contribution in [2.45, 2.75) is 25.2 Å². The molecule has 1 atom stereocenters. The van der Waals surface area contributed by atoms with Gasteiger partial charge in [-0.1, -0.05) is 11.6 Å². The third kappa shape index (κ3) is 5.01. The second-order valence-corrected chi connectivity index (χ2v) is 6.79. The second-order valence-electron chi connectivity index (χ2n) is 6.35. The van der Waals surface area contributed by atoms with Crippen LogP contribution in [0, 0.1) is 0 Å². The van der Waals surface area contributed by atoms with Crippen molar-refractivity contribution in [3.05, 3.63) is 70.5 Å². The highest BCUT2D eigenvalue weighted by molar-refractivity contribution is 6.30. The number of nitrogens with zero attached hydrogens (tertiary/aromatic N) is 4. The molecule has 0 aliphatic heterocycles. The van der Waals surface area contributed by atoms with Crippen LogP contribution in [0.15, 0.2) is 42.7 Å². The highest BCUT2D eigenvalue weighted by Crippen LogP contribution is 2.35. The number of alkyl halides is 6. The van der Waals surface area contributed by atoms with E-state index >= 15 is 0 Å². The molecule has 32 heavy (non-hydrogen) atoms. The Morgan fingerprint density at radius 2 is 1.66 bits per heavy atom. The summed E-state index contributed by atoms with van der Waals surface area (Å²) in [5, 5.41) is 3.59. The molecule has 170 valence electrons. The van der Waals surface area contributed by atoms with Crippen LogP contribution in [0.1, 0.15) is 35.6 Å². The van der Waals surface area contributed by atoms with Crippen LogP contribution in [0.2, 0.25) is 5.02 Å². The number of carbonyl (C=O) groups is 1. The lowest BCUT2D eigenvalue weighted by Gasteiger charge is -2.16. The van der Waals surface area contributed by atoms with Crippen molar-refractivity contribution in [3.8, 4) is 5.69 Å². The average molecular weight is 479 g/mol. The predicted octanol–water partition coefficient (Wildman–Crippen LogP) is 5.05. The zero-order valence-corrected chi connectivity index (χ0v) is 16.8. The molecule has 0 aliphatic rings. The number of rotatable bonds is 5. The molecule has 0 bridgehead atoms. The van der Waals surface area contributed by atoms with Gasteiger partial charge in [0.15, 0.2) is 11.6 Å². The zero-order valence-electron chi connectivity index (χ0n) is 16.1. The van der Waals surface area contributed by atoms with Crippen molar-refractivity contribution in [2.75, 3.05) is 6.61 Å². The van der Waals surface area contributed by atoms with Crippen molar-refractivity contribution < 1.29 is 35.9 Å². The molecule has 1 aromatic carbocycles. The van der Waals surface area contributed by atoms with Crippen LogP contribution in [0.3, 0.4) is 0 Å². The van der Waals surface area contributed by atoms with Crippen LogP contribution < -0.4 is 0 Å². The van der Waals surface area contributed by atoms with Crippen LogP contribution in [0.4, 0.5) is 26.3 Å². The zero-order chi connectivity index (χ0) is 23.7. The summed E-state index contributed by atoms with van der Waals surface area (Å²) in [6.07, 6.45) is -7.27. The minimum atomic E-state index is -4.90. The maximum atomic E-state index is 13.4. The highest BCUT2D eigenvalue weighted by atomic mass is 35.5. The van der Waals surface area contributed by atoms with Gasteiger partial charge in [0.05, 0.1) is 28.6 Å². The van der Waals surface area contributed by atoms with Crippen LogP contribution in [0.25, 0.3) is 5.69 Å². The van der Waals surface area contributed by atoms with Gasteiger partial charge >= 0.3 is 18.3 Å². The summed E-state index contributed by atoms with van der Waals surface area (Å²) < 4.78 is 84.5. The minimum absolute atomic E-state index is 0.0938. The summed E-state index contributed by atoms with van der Waals surface area (Å²) >= 11 is 5.75. The summed E-state index contributed by atoms with van der Waals surface area (Å²) in [5.74, 6) is -2.76. The van der Waals surface area contributed by atoms with E-state index in [1.807, 2.05) is 0 Å². The quantitative estimate of drug-likeness (QED) is 0.379. The maximum Gasteiger partial charge on any atom is 0.435 e. The Hall–Kier alpha value is -3.15. The van der Waals surface area contributed by atoms with E-state index in [9.17, 15) is 31.1 Å². The summed E-state index contributed by atoms with van der Waals surface area (Å²) in [4.78, 5) is 20.4. The Morgan fingerprint density at radius 3 is 2.16 bits per heavy atom. The first-order valence-electron chi connectivity index (χ1n) is 8.90. The van der Waals surface area contributed by atoms with Crippen LogP contribution in [-0.2, 0) is 21.9 Å². The topological polar surface area (TPSA) is 69.9 Å². The Labute approximate surface area is 181 Å². The van der Waals surface area contributed by atoms with E-state index in [0.717, 1.165) is 24.5 Å². The summed E-state index contributed by atoms with van der Waals surface area (Å²) in [6.45, 7) is 1.40. The SMILES string of the molecule is CCOC(=O)C(c1ncc(Cl)cn1)c1cc(C(F)(F)F)nn1-c1ccc(C(F)(F)F)cc1. The molecular formula is C19H13ClF6N4O2. The van der Waals surface area contributed by atoms with Crippen molar-refractivity contribution >= 4 is 17.6 Å². The lowest BCUT2D eigenvalue weighted by atomic mass is 10.0. The number of ether oxygens (including phenoxy) is 1. The fourth-order valence-electron chi connectivity index (χ4n) is 2.79. The van der Waals surface area contributed by atoms with E-state index in [1.54, 1.807) is 0 Å². The predicted molar refractivity (Wildman–Crippen MR) is 99.1 cm³/mol. The van der Waals surface area contributed by atoms with E-state index in [4.69, 9.17) is 16.3 Å². The van der Waals surface area contributed by atoms with E-state index in [1.165, 1.54) is 6.92 Å². The van der Waals surface area contributed by atoms with Gasteiger partial charge in [-0.2, -0.15) is 31.4 Å².